The van der Waals surface area contributed by atoms with Crippen molar-refractivity contribution < 1.29 is 5.11 Å². The van der Waals surface area contributed by atoms with Crippen LogP contribution >= 0.6 is 0 Å². The number of nitrogens with two attached hydrogens (primary N) is 1. The molecule has 0 unspecified atom stereocenters. The number of aromatic nitrogens is 3. The predicted octanol–water partition coefficient (Wildman–Crippen LogP) is 1.65. The van der Waals surface area contributed by atoms with Gasteiger partial charge in [-0.25, -0.2) is 9.97 Å². The Balaban J connectivity index is 1.21. The molecule has 0 aromatic carbocycles. The van der Waals surface area contributed by atoms with Crippen LogP contribution in [0.1, 0.15) is 49.2 Å². The number of pyridine rings is 1. The number of anilines is 2. The zero-order chi connectivity index (χ0) is 21.0. The number of hydrogen-bond donors (Lipinski definition) is 2. The molecule has 4 aliphatic rings. The van der Waals surface area contributed by atoms with Gasteiger partial charge in [0.2, 0.25) is 0 Å². The number of amidine groups is 1. The van der Waals surface area contributed by atoms with Crippen LogP contribution in [0.25, 0.3) is 0 Å². The number of hydrogen-bond acceptors (Lipinski definition) is 8. The van der Waals surface area contributed by atoms with Gasteiger partial charge in [0.25, 0.3) is 0 Å². The predicted molar refractivity (Wildman–Crippen MR) is 119 cm³/mol. The van der Waals surface area contributed by atoms with Crippen LogP contribution in [0, 0.1) is 5.41 Å². The Morgan fingerprint density at radius 2 is 2.00 bits per heavy atom. The Hall–Kier alpha value is -2.58. The van der Waals surface area contributed by atoms with Gasteiger partial charge in [-0.15, -0.1) is 0 Å². The Morgan fingerprint density at radius 3 is 2.81 bits per heavy atom. The molecule has 2 atom stereocenters. The standard InChI is InChI=1S/C23H29N7O/c24-19-11-15(31)12-23(19)5-9-29(10-6-23)20-14-26-21-17(28-20)13-27-22(21)30-8-2-3-16-18(30)4-1-7-25-16/h1,4,7,14-15,19,31H,2-3,5-6,8-13,24H2/t15-,19+/m0/s1. The highest BCUT2D eigenvalue weighted by atomic mass is 16.3. The molecule has 6 rings (SSSR count). The first-order valence-electron chi connectivity index (χ1n) is 11.4. The topological polar surface area (TPSA) is 104 Å². The van der Waals surface area contributed by atoms with Crippen LogP contribution in [0.2, 0.25) is 0 Å². The van der Waals surface area contributed by atoms with Gasteiger partial charge >= 0.3 is 0 Å². The Morgan fingerprint density at radius 1 is 1.13 bits per heavy atom. The molecule has 1 spiro atoms. The lowest BCUT2D eigenvalue weighted by molar-refractivity contribution is 0.141. The smallest absolute Gasteiger partial charge is 0.156 e. The molecule has 0 bridgehead atoms. The number of piperidine rings is 1. The Bertz CT molecular complexity index is 1030. The quantitative estimate of drug-likeness (QED) is 0.724. The lowest BCUT2D eigenvalue weighted by Gasteiger charge is -2.42. The van der Waals surface area contributed by atoms with Crippen LogP contribution < -0.4 is 15.5 Å². The van der Waals surface area contributed by atoms with Crippen molar-refractivity contribution in [3.05, 3.63) is 41.6 Å². The zero-order valence-corrected chi connectivity index (χ0v) is 17.7. The summed E-state index contributed by atoms with van der Waals surface area (Å²) in [5, 5.41) is 10.1. The summed E-state index contributed by atoms with van der Waals surface area (Å²) in [5.74, 6) is 1.85. The monoisotopic (exact) mass is 419 g/mol. The molecule has 2 fully saturated rings. The molecule has 162 valence electrons. The number of nitrogens with zero attached hydrogens (tertiary/aromatic N) is 6. The molecule has 1 saturated carbocycles. The van der Waals surface area contributed by atoms with E-state index in [0.717, 1.165) is 92.6 Å². The van der Waals surface area contributed by atoms with E-state index in [2.05, 4.69) is 20.9 Å². The van der Waals surface area contributed by atoms with Crippen molar-refractivity contribution in [2.24, 2.45) is 16.1 Å². The van der Waals surface area contributed by atoms with Gasteiger partial charge in [0.05, 0.1) is 35.9 Å². The van der Waals surface area contributed by atoms with Crippen molar-refractivity contribution in [2.45, 2.75) is 57.2 Å². The fourth-order valence-electron chi connectivity index (χ4n) is 5.92. The molecule has 8 nitrogen and oxygen atoms in total. The molecule has 0 amide bonds. The van der Waals surface area contributed by atoms with Crippen molar-refractivity contribution >= 4 is 17.3 Å². The van der Waals surface area contributed by atoms with Crippen molar-refractivity contribution in [3.63, 3.8) is 0 Å². The zero-order valence-electron chi connectivity index (χ0n) is 17.7. The Labute approximate surface area is 182 Å². The lowest BCUT2D eigenvalue weighted by atomic mass is 9.74. The Kier molecular flexibility index (Phi) is 4.47. The van der Waals surface area contributed by atoms with E-state index in [4.69, 9.17) is 20.7 Å². The highest BCUT2D eigenvalue weighted by molar-refractivity contribution is 6.11. The van der Waals surface area contributed by atoms with E-state index in [1.807, 2.05) is 18.5 Å². The molecule has 2 aromatic rings. The molecule has 1 saturated heterocycles. The van der Waals surface area contributed by atoms with Crippen LogP contribution in [-0.2, 0) is 13.0 Å². The van der Waals surface area contributed by atoms with E-state index in [0.29, 0.717) is 6.54 Å². The number of aliphatic imine (C=N–C) groups is 1. The highest BCUT2D eigenvalue weighted by Gasteiger charge is 2.46. The fourth-order valence-corrected chi connectivity index (χ4v) is 5.92. The minimum atomic E-state index is -0.243. The normalized spacial score (nSPS) is 26.7. The highest BCUT2D eigenvalue weighted by Crippen LogP contribution is 2.46. The third-order valence-corrected chi connectivity index (χ3v) is 7.67. The van der Waals surface area contributed by atoms with Gasteiger partial charge in [-0.05, 0) is 56.1 Å². The van der Waals surface area contributed by atoms with Crippen LogP contribution in [0.15, 0.2) is 29.5 Å². The van der Waals surface area contributed by atoms with Crippen LogP contribution in [-0.4, -0.2) is 57.7 Å². The van der Waals surface area contributed by atoms with E-state index in [1.165, 1.54) is 0 Å². The SMILES string of the molecule is N[C@@H]1C[C@H](O)CC12CCN(c1cnc3c(n1)CN=C3N1CCCc3ncccc31)CC2. The van der Waals surface area contributed by atoms with Gasteiger partial charge in [-0.3, -0.25) is 9.98 Å². The number of fused-ring (bicyclic) bond motifs is 2. The second kappa shape index (κ2) is 7.24. The number of aryl methyl sites for hydroxylation is 1. The third-order valence-electron chi connectivity index (χ3n) is 7.67. The molecule has 3 aliphatic heterocycles. The maximum Gasteiger partial charge on any atom is 0.156 e. The molecule has 5 heterocycles. The second-order valence-electron chi connectivity index (χ2n) is 9.44. The molecular weight excluding hydrogens is 390 g/mol. The molecule has 0 radical (unpaired) electrons. The van der Waals surface area contributed by atoms with Gasteiger partial charge in [-0.2, -0.15) is 0 Å². The molecule has 2 aromatic heterocycles. The van der Waals surface area contributed by atoms with Crippen molar-refractivity contribution in [2.75, 3.05) is 29.4 Å². The largest absolute Gasteiger partial charge is 0.393 e. The summed E-state index contributed by atoms with van der Waals surface area (Å²) in [4.78, 5) is 23.7. The summed E-state index contributed by atoms with van der Waals surface area (Å²) < 4.78 is 0. The average Bonchev–Trinajstić information content (AvgIpc) is 3.33. The summed E-state index contributed by atoms with van der Waals surface area (Å²) in [5.41, 5.74) is 10.6. The van der Waals surface area contributed by atoms with Gasteiger partial charge in [0, 0.05) is 31.9 Å². The van der Waals surface area contributed by atoms with E-state index >= 15 is 0 Å². The maximum atomic E-state index is 10.1. The summed E-state index contributed by atoms with van der Waals surface area (Å²) >= 11 is 0. The summed E-state index contributed by atoms with van der Waals surface area (Å²) in [6, 6.07) is 4.22. The summed E-state index contributed by atoms with van der Waals surface area (Å²) in [6.07, 6.45) is 9.16. The number of aliphatic hydroxyl groups is 1. The molecule has 8 heteroatoms. The fraction of sp³-hybridized carbons (Fsp3) is 0.565. The second-order valence-corrected chi connectivity index (χ2v) is 9.44. The first kappa shape index (κ1) is 19.1. The number of aliphatic hydroxyl groups excluding tert-OH is 1. The van der Waals surface area contributed by atoms with Crippen molar-refractivity contribution in [3.8, 4) is 0 Å². The van der Waals surface area contributed by atoms with Gasteiger partial charge in [-0.1, -0.05) is 0 Å². The first-order valence-corrected chi connectivity index (χ1v) is 11.4. The van der Waals surface area contributed by atoms with Gasteiger partial charge in [0.1, 0.15) is 11.5 Å². The van der Waals surface area contributed by atoms with Gasteiger partial charge in [0.15, 0.2) is 5.84 Å². The molecule has 1 aliphatic carbocycles. The molecular formula is C23H29N7O. The minimum Gasteiger partial charge on any atom is -0.393 e. The maximum absolute atomic E-state index is 10.1. The average molecular weight is 420 g/mol. The number of rotatable bonds is 1. The first-order chi connectivity index (χ1) is 15.1. The third kappa shape index (κ3) is 3.11. The van der Waals surface area contributed by atoms with E-state index in [-0.39, 0.29) is 17.6 Å². The van der Waals surface area contributed by atoms with E-state index < -0.39 is 0 Å². The van der Waals surface area contributed by atoms with Crippen molar-refractivity contribution in [1.29, 1.82) is 0 Å². The van der Waals surface area contributed by atoms with E-state index in [1.54, 1.807) is 0 Å². The minimum absolute atomic E-state index is 0.0893. The van der Waals surface area contributed by atoms with Gasteiger partial charge < -0.3 is 20.6 Å². The lowest BCUT2D eigenvalue weighted by Crippen LogP contribution is -2.47. The van der Waals surface area contributed by atoms with E-state index in [9.17, 15) is 5.11 Å². The summed E-state index contributed by atoms with van der Waals surface area (Å²) in [7, 11) is 0. The molecule has 31 heavy (non-hydrogen) atoms. The summed E-state index contributed by atoms with van der Waals surface area (Å²) in [6.45, 7) is 3.33. The molecule has 3 N–H and O–H groups in total. The van der Waals surface area contributed by atoms with Crippen LogP contribution in [0.5, 0.6) is 0 Å². The van der Waals surface area contributed by atoms with Crippen LogP contribution in [0.4, 0.5) is 11.5 Å². The van der Waals surface area contributed by atoms with Crippen LogP contribution in [0.3, 0.4) is 0 Å². The van der Waals surface area contributed by atoms with Crippen molar-refractivity contribution in [1.82, 2.24) is 15.0 Å².